The number of anilines is 1. The lowest BCUT2D eigenvalue weighted by molar-refractivity contribution is 0.0326. The first-order chi connectivity index (χ1) is 19.6. The van der Waals surface area contributed by atoms with Crippen LogP contribution in [0.4, 0.5) is 10.6 Å². The van der Waals surface area contributed by atoms with Gasteiger partial charge in [0.15, 0.2) is 0 Å². The van der Waals surface area contributed by atoms with Crippen molar-refractivity contribution in [2.75, 3.05) is 11.9 Å². The number of carbonyl (C=O) groups is 2. The summed E-state index contributed by atoms with van der Waals surface area (Å²) in [6, 6.07) is 23.6. The maximum atomic E-state index is 12.9. The van der Waals surface area contributed by atoms with Gasteiger partial charge in [0.2, 0.25) is 0 Å². The van der Waals surface area contributed by atoms with Gasteiger partial charge in [-0.2, -0.15) is 0 Å². The Morgan fingerprint density at radius 3 is 2.44 bits per heavy atom. The van der Waals surface area contributed by atoms with Crippen LogP contribution < -0.4 is 14.8 Å². The fraction of sp³-hybridized carbons (Fsp3) is 0.219. The van der Waals surface area contributed by atoms with E-state index in [4.69, 9.17) is 30.9 Å². The number of aromatic nitrogens is 1. The molecule has 1 atom stereocenters. The molecule has 2 heterocycles. The zero-order valence-electron chi connectivity index (χ0n) is 22.8. The van der Waals surface area contributed by atoms with E-state index in [1.54, 1.807) is 42.5 Å². The number of hydrogen-bond acceptors (Lipinski definition) is 6. The average molecular weight is 573 g/mol. The van der Waals surface area contributed by atoms with E-state index in [0.717, 1.165) is 11.3 Å². The van der Waals surface area contributed by atoms with Gasteiger partial charge in [0, 0.05) is 29.2 Å². The third kappa shape index (κ3) is 6.61. The first-order valence-corrected chi connectivity index (χ1v) is 13.5. The summed E-state index contributed by atoms with van der Waals surface area (Å²) in [5.74, 6) is 1.36. The second-order valence-corrected chi connectivity index (χ2v) is 11.1. The summed E-state index contributed by atoms with van der Waals surface area (Å²) in [5, 5.41) is 12.1. The lowest BCUT2D eigenvalue weighted by Crippen LogP contribution is -2.18. The highest BCUT2D eigenvalue weighted by molar-refractivity contribution is 6.32. The van der Waals surface area contributed by atoms with Crippen LogP contribution in [0.25, 0.3) is 11.3 Å². The van der Waals surface area contributed by atoms with E-state index in [1.807, 2.05) is 24.3 Å². The molecule has 8 nitrogen and oxygen atoms in total. The molecule has 9 heteroatoms. The molecular weight excluding hydrogens is 544 g/mol. The van der Waals surface area contributed by atoms with E-state index in [9.17, 15) is 9.59 Å². The molecule has 2 N–H and O–H groups in total. The Kier molecular flexibility index (Phi) is 7.85. The van der Waals surface area contributed by atoms with Crippen LogP contribution in [0.3, 0.4) is 0 Å². The second-order valence-electron chi connectivity index (χ2n) is 10.6. The molecule has 0 radical (unpaired) electrons. The maximum absolute atomic E-state index is 12.9. The Morgan fingerprint density at radius 2 is 1.76 bits per heavy atom. The number of nitrogens with zero attached hydrogens (tertiary/aromatic N) is 1. The van der Waals surface area contributed by atoms with Crippen LogP contribution in [0, 0.1) is 0 Å². The van der Waals surface area contributed by atoms with Gasteiger partial charge >= 0.3 is 6.16 Å². The summed E-state index contributed by atoms with van der Waals surface area (Å²) in [6.07, 6.45) is -1.63. The highest BCUT2D eigenvalue weighted by atomic mass is 35.5. The molecule has 1 amide bonds. The van der Waals surface area contributed by atoms with Gasteiger partial charge in [-0.15, -0.1) is 0 Å². The van der Waals surface area contributed by atoms with Crippen molar-refractivity contribution in [3.05, 3.63) is 101 Å². The van der Waals surface area contributed by atoms with Gasteiger partial charge in [0.1, 0.15) is 29.2 Å². The van der Waals surface area contributed by atoms with Gasteiger partial charge in [-0.1, -0.05) is 62.7 Å². The summed E-state index contributed by atoms with van der Waals surface area (Å²) < 4.78 is 16.5. The molecule has 1 aromatic heterocycles. The van der Waals surface area contributed by atoms with Crippen LogP contribution in [0.2, 0.25) is 5.02 Å². The molecule has 0 fully saturated rings. The van der Waals surface area contributed by atoms with Gasteiger partial charge in [-0.3, -0.25) is 4.79 Å². The lowest BCUT2D eigenvalue weighted by Gasteiger charge is -2.25. The minimum Gasteiger partial charge on any atom is -0.493 e. The van der Waals surface area contributed by atoms with Crippen LogP contribution >= 0.6 is 11.6 Å². The van der Waals surface area contributed by atoms with Crippen molar-refractivity contribution in [3.8, 4) is 28.5 Å². The van der Waals surface area contributed by atoms with Crippen molar-refractivity contribution in [2.24, 2.45) is 0 Å². The monoisotopic (exact) mass is 572 g/mol. The maximum Gasteiger partial charge on any atom is 0.506 e. The molecule has 0 spiro atoms. The largest absolute Gasteiger partial charge is 0.506 e. The van der Waals surface area contributed by atoms with E-state index in [-0.39, 0.29) is 16.3 Å². The number of hydrogen-bond donors (Lipinski definition) is 2. The Morgan fingerprint density at radius 1 is 1.02 bits per heavy atom. The highest BCUT2D eigenvalue weighted by Gasteiger charge is 2.27. The van der Waals surface area contributed by atoms with Gasteiger partial charge in [0.05, 0.1) is 17.3 Å². The van der Waals surface area contributed by atoms with E-state index in [0.29, 0.717) is 47.2 Å². The molecule has 0 aliphatic carbocycles. The minimum absolute atomic E-state index is 0.0615. The summed E-state index contributed by atoms with van der Waals surface area (Å²) in [6.45, 7) is 6.81. The number of fused-ring (bicyclic) bond motifs is 1. The fourth-order valence-corrected chi connectivity index (χ4v) is 4.69. The third-order valence-electron chi connectivity index (χ3n) is 6.67. The number of carboxylic acid groups (broad SMARTS) is 1. The standard InChI is InChI=1S/C32H29ClN2O6/c1-32(2,3)21-11-7-19(8-12-21)25-5-4-6-29(34-25)35-30(36)20-9-13-22(14-10-20)40-28-18-27-23(17-24(28)33)26(15-16-39-27)41-31(37)38/h4-14,17-18,26H,15-16H2,1-3H3,(H,37,38)(H,34,35,36). The Hall–Kier alpha value is -4.56. The zero-order valence-corrected chi connectivity index (χ0v) is 23.6. The molecule has 0 bridgehead atoms. The number of carbonyl (C=O) groups excluding carboxylic acids is 1. The molecular formula is C32H29ClN2O6. The third-order valence-corrected chi connectivity index (χ3v) is 6.97. The SMILES string of the molecule is CC(C)(C)c1ccc(-c2cccc(NC(=O)c3ccc(Oc4cc5c(cc4Cl)C(OC(=O)O)CCO5)cc3)n2)cc1. The van der Waals surface area contributed by atoms with Crippen molar-refractivity contribution < 1.29 is 28.9 Å². The molecule has 1 aliphatic heterocycles. The number of halogens is 1. The molecule has 0 saturated carbocycles. The number of pyridine rings is 1. The highest BCUT2D eigenvalue weighted by Crippen LogP contribution is 2.42. The predicted molar refractivity (Wildman–Crippen MR) is 156 cm³/mol. The first kappa shape index (κ1) is 28.0. The minimum atomic E-state index is -1.36. The molecule has 1 aliphatic rings. The van der Waals surface area contributed by atoms with Gasteiger partial charge in [-0.05, 0) is 53.4 Å². The Bertz CT molecular complexity index is 1580. The van der Waals surface area contributed by atoms with Gasteiger partial charge in [-0.25, -0.2) is 9.78 Å². The topological polar surface area (TPSA) is 107 Å². The molecule has 210 valence electrons. The number of benzene rings is 3. The molecule has 5 rings (SSSR count). The molecule has 4 aromatic rings. The van der Waals surface area contributed by atoms with E-state index in [1.165, 1.54) is 5.56 Å². The zero-order chi connectivity index (χ0) is 29.1. The number of ether oxygens (including phenoxy) is 3. The smallest absolute Gasteiger partial charge is 0.493 e. The lowest BCUT2D eigenvalue weighted by atomic mass is 9.86. The summed E-state index contributed by atoms with van der Waals surface area (Å²) in [4.78, 5) is 28.5. The molecule has 1 unspecified atom stereocenters. The van der Waals surface area contributed by atoms with Crippen molar-refractivity contribution in [2.45, 2.75) is 38.7 Å². The first-order valence-electron chi connectivity index (χ1n) is 13.1. The fourth-order valence-electron chi connectivity index (χ4n) is 4.48. The van der Waals surface area contributed by atoms with Crippen LogP contribution in [-0.2, 0) is 10.2 Å². The summed E-state index contributed by atoms with van der Waals surface area (Å²) in [5.41, 5.74) is 3.99. The summed E-state index contributed by atoms with van der Waals surface area (Å²) in [7, 11) is 0. The van der Waals surface area contributed by atoms with Crippen molar-refractivity contribution >= 4 is 29.5 Å². The Balaban J connectivity index is 1.26. The molecule has 41 heavy (non-hydrogen) atoms. The van der Waals surface area contributed by atoms with Crippen LogP contribution in [0.1, 0.15) is 54.8 Å². The van der Waals surface area contributed by atoms with Crippen molar-refractivity contribution in [1.29, 1.82) is 0 Å². The molecule has 0 saturated heterocycles. The van der Waals surface area contributed by atoms with Crippen molar-refractivity contribution in [3.63, 3.8) is 0 Å². The Labute approximate surface area is 242 Å². The number of nitrogens with one attached hydrogen (secondary N) is 1. The van der Waals surface area contributed by atoms with E-state index < -0.39 is 12.3 Å². The molecule has 3 aromatic carbocycles. The number of rotatable bonds is 6. The van der Waals surface area contributed by atoms with Crippen LogP contribution in [0.5, 0.6) is 17.2 Å². The normalized spacial score (nSPS) is 14.4. The summed E-state index contributed by atoms with van der Waals surface area (Å²) >= 11 is 6.41. The second kappa shape index (κ2) is 11.5. The quantitative estimate of drug-likeness (QED) is 0.224. The van der Waals surface area contributed by atoms with Gasteiger partial charge in [0.25, 0.3) is 5.91 Å². The van der Waals surface area contributed by atoms with Gasteiger partial charge < -0.3 is 24.6 Å². The van der Waals surface area contributed by atoms with Crippen LogP contribution in [-0.4, -0.2) is 28.8 Å². The van der Waals surface area contributed by atoms with Crippen molar-refractivity contribution in [1.82, 2.24) is 4.98 Å². The number of amides is 1. The predicted octanol–water partition coefficient (Wildman–Crippen LogP) is 8.26. The van der Waals surface area contributed by atoms with E-state index in [2.05, 4.69) is 43.2 Å². The van der Waals surface area contributed by atoms with E-state index >= 15 is 0 Å². The average Bonchev–Trinajstić information content (AvgIpc) is 2.94. The van der Waals surface area contributed by atoms with Crippen LogP contribution in [0.15, 0.2) is 78.9 Å².